The van der Waals surface area contributed by atoms with Gasteiger partial charge in [-0.05, 0) is 27.7 Å². The van der Waals surface area contributed by atoms with E-state index in [1.807, 2.05) is 0 Å². The number of carbonyl (C=O) groups is 3. The Kier molecular flexibility index (Phi) is 3.29. The molecule has 0 aromatic heterocycles. The van der Waals surface area contributed by atoms with Crippen LogP contribution in [0, 0.1) is 0 Å². The summed E-state index contributed by atoms with van der Waals surface area (Å²) < 4.78 is 4.59. The summed E-state index contributed by atoms with van der Waals surface area (Å²) >= 11 is 0. The topological polar surface area (TPSA) is 75.7 Å². The molecule has 1 N–H and O–H groups in total. The summed E-state index contributed by atoms with van der Waals surface area (Å²) in [6.45, 7) is 6.56. The number of nitrogens with one attached hydrogen (secondary N) is 1. The van der Waals surface area contributed by atoms with Gasteiger partial charge in [-0.25, -0.2) is 0 Å². The van der Waals surface area contributed by atoms with Crippen molar-refractivity contribution in [2.24, 2.45) is 0 Å². The zero-order chi connectivity index (χ0) is 13.4. The number of hydrogen-bond donors (Lipinski definition) is 1. The van der Waals surface area contributed by atoms with Crippen LogP contribution in [-0.4, -0.2) is 47.4 Å². The molecule has 0 atom stereocenters. The van der Waals surface area contributed by atoms with Gasteiger partial charge in [0.05, 0.1) is 24.7 Å². The van der Waals surface area contributed by atoms with Gasteiger partial charge in [0.25, 0.3) is 0 Å². The molecule has 1 heterocycles. The molecule has 6 nitrogen and oxygen atoms in total. The van der Waals surface area contributed by atoms with Crippen LogP contribution in [0.15, 0.2) is 0 Å². The number of ether oxygens (including phenoxy) is 1. The van der Waals surface area contributed by atoms with E-state index in [0.29, 0.717) is 0 Å². The van der Waals surface area contributed by atoms with Crippen LogP contribution in [0.4, 0.5) is 0 Å². The van der Waals surface area contributed by atoms with Gasteiger partial charge in [-0.2, -0.15) is 0 Å². The molecule has 0 aliphatic carbocycles. The number of rotatable bonds is 2. The van der Waals surface area contributed by atoms with Crippen LogP contribution in [0.1, 0.15) is 27.7 Å². The highest BCUT2D eigenvalue weighted by molar-refractivity contribution is 6.06. The van der Waals surface area contributed by atoms with Gasteiger partial charge in [-0.1, -0.05) is 0 Å². The molecule has 0 aromatic carbocycles. The molecular weight excluding hydrogens is 224 g/mol. The first-order valence-corrected chi connectivity index (χ1v) is 5.34. The van der Waals surface area contributed by atoms with E-state index in [0.717, 1.165) is 0 Å². The average Bonchev–Trinajstić information content (AvgIpc) is 2.22. The third kappa shape index (κ3) is 2.17. The summed E-state index contributed by atoms with van der Waals surface area (Å²) in [6.07, 6.45) is 0. The molecule has 1 aliphatic heterocycles. The number of carbonyl (C=O) groups excluding carboxylic acids is 3. The number of imide groups is 1. The van der Waals surface area contributed by atoms with E-state index >= 15 is 0 Å². The Morgan fingerprint density at radius 1 is 1.18 bits per heavy atom. The Hall–Kier alpha value is -1.43. The predicted octanol–water partition coefficient (Wildman–Crippen LogP) is -0.325. The second-order valence-electron chi connectivity index (χ2n) is 5.06. The number of methoxy groups -OCH3 is 1. The maximum absolute atomic E-state index is 11.8. The van der Waals surface area contributed by atoms with Crippen molar-refractivity contribution in [2.75, 3.05) is 13.7 Å². The molecule has 1 aliphatic rings. The van der Waals surface area contributed by atoms with Gasteiger partial charge >= 0.3 is 5.97 Å². The van der Waals surface area contributed by atoms with Crippen molar-refractivity contribution in [3.63, 3.8) is 0 Å². The van der Waals surface area contributed by atoms with Crippen molar-refractivity contribution < 1.29 is 19.1 Å². The summed E-state index contributed by atoms with van der Waals surface area (Å²) in [5.74, 6) is -1.30. The number of esters is 1. The van der Waals surface area contributed by atoms with Crippen LogP contribution in [0.3, 0.4) is 0 Å². The first-order chi connectivity index (χ1) is 7.64. The third-order valence-electron chi connectivity index (χ3n) is 3.20. The van der Waals surface area contributed by atoms with Crippen LogP contribution < -0.4 is 5.32 Å². The summed E-state index contributed by atoms with van der Waals surface area (Å²) in [5, 5.41) is 2.31. The maximum atomic E-state index is 11.8. The van der Waals surface area contributed by atoms with E-state index in [-0.39, 0.29) is 6.54 Å². The lowest BCUT2D eigenvalue weighted by atomic mass is 9.87. The SMILES string of the molecule is COC(=O)CN1C(C)(C)C(=O)NC(=O)C1(C)C. The minimum Gasteiger partial charge on any atom is -0.468 e. The first kappa shape index (κ1) is 13.6. The van der Waals surface area contributed by atoms with Gasteiger partial charge in [0.15, 0.2) is 0 Å². The fraction of sp³-hybridized carbons (Fsp3) is 0.727. The van der Waals surface area contributed by atoms with Gasteiger partial charge in [0, 0.05) is 0 Å². The molecule has 2 amide bonds. The number of piperazine rings is 1. The Bertz CT molecular complexity index is 348. The van der Waals surface area contributed by atoms with Crippen LogP contribution in [0.2, 0.25) is 0 Å². The fourth-order valence-corrected chi connectivity index (χ4v) is 1.94. The van der Waals surface area contributed by atoms with Gasteiger partial charge in [-0.15, -0.1) is 0 Å². The predicted molar refractivity (Wildman–Crippen MR) is 60.0 cm³/mol. The standard InChI is InChI=1S/C11H18N2O4/c1-10(2)8(15)12-9(16)11(3,4)13(10)6-7(14)17-5/h6H2,1-5H3,(H,12,15,16). The number of hydrogen-bond acceptors (Lipinski definition) is 5. The molecule has 0 saturated carbocycles. The van der Waals surface area contributed by atoms with E-state index in [2.05, 4.69) is 10.1 Å². The van der Waals surface area contributed by atoms with Crippen molar-refractivity contribution in [3.05, 3.63) is 0 Å². The molecule has 17 heavy (non-hydrogen) atoms. The highest BCUT2D eigenvalue weighted by atomic mass is 16.5. The summed E-state index contributed by atoms with van der Waals surface area (Å²) in [7, 11) is 1.27. The molecule has 6 heteroatoms. The molecule has 1 rings (SSSR count). The van der Waals surface area contributed by atoms with Crippen LogP contribution in [-0.2, 0) is 19.1 Å². The van der Waals surface area contributed by atoms with Crippen LogP contribution in [0.5, 0.6) is 0 Å². The monoisotopic (exact) mass is 242 g/mol. The molecule has 0 unspecified atom stereocenters. The van der Waals surface area contributed by atoms with E-state index in [9.17, 15) is 14.4 Å². The smallest absolute Gasteiger partial charge is 0.319 e. The molecule has 1 saturated heterocycles. The highest BCUT2D eigenvalue weighted by Crippen LogP contribution is 2.29. The average molecular weight is 242 g/mol. The zero-order valence-corrected chi connectivity index (χ0v) is 10.8. The Morgan fingerprint density at radius 3 is 1.94 bits per heavy atom. The van der Waals surface area contributed by atoms with E-state index in [4.69, 9.17) is 0 Å². The largest absolute Gasteiger partial charge is 0.468 e. The van der Waals surface area contributed by atoms with Crippen LogP contribution >= 0.6 is 0 Å². The van der Waals surface area contributed by atoms with E-state index in [1.165, 1.54) is 7.11 Å². The lowest BCUT2D eigenvalue weighted by Crippen LogP contribution is -2.73. The quantitative estimate of drug-likeness (QED) is 0.530. The highest BCUT2D eigenvalue weighted by Gasteiger charge is 2.52. The van der Waals surface area contributed by atoms with Gasteiger partial charge in [0.1, 0.15) is 0 Å². The second kappa shape index (κ2) is 4.10. The lowest BCUT2D eigenvalue weighted by Gasteiger charge is -2.49. The lowest BCUT2D eigenvalue weighted by molar-refractivity contribution is -0.162. The normalized spacial score (nSPS) is 23.1. The zero-order valence-electron chi connectivity index (χ0n) is 10.8. The molecule has 96 valence electrons. The summed E-state index contributed by atoms with van der Waals surface area (Å²) in [5.41, 5.74) is -1.88. The first-order valence-electron chi connectivity index (χ1n) is 5.34. The van der Waals surface area contributed by atoms with Crippen molar-refractivity contribution in [1.82, 2.24) is 10.2 Å². The van der Waals surface area contributed by atoms with E-state index < -0.39 is 28.9 Å². The molecule has 1 fully saturated rings. The van der Waals surface area contributed by atoms with Crippen molar-refractivity contribution in [3.8, 4) is 0 Å². The van der Waals surface area contributed by atoms with Crippen LogP contribution in [0.25, 0.3) is 0 Å². The fourth-order valence-electron chi connectivity index (χ4n) is 1.94. The number of nitrogens with zero attached hydrogens (tertiary/aromatic N) is 1. The second-order valence-corrected chi connectivity index (χ2v) is 5.06. The molecule has 0 bridgehead atoms. The Labute approximate surface area is 100 Å². The Morgan fingerprint density at radius 2 is 1.59 bits per heavy atom. The maximum Gasteiger partial charge on any atom is 0.319 e. The van der Waals surface area contributed by atoms with Crippen molar-refractivity contribution >= 4 is 17.8 Å². The minimum absolute atomic E-state index is 0.102. The molecule has 0 radical (unpaired) electrons. The van der Waals surface area contributed by atoms with E-state index in [1.54, 1.807) is 32.6 Å². The Balaban J connectivity index is 3.11. The minimum atomic E-state index is -0.939. The van der Waals surface area contributed by atoms with Crippen molar-refractivity contribution in [2.45, 2.75) is 38.8 Å². The van der Waals surface area contributed by atoms with Gasteiger partial charge < -0.3 is 4.74 Å². The third-order valence-corrected chi connectivity index (χ3v) is 3.20. The molecule has 0 aromatic rings. The van der Waals surface area contributed by atoms with Gasteiger partial charge in [-0.3, -0.25) is 24.6 Å². The summed E-state index contributed by atoms with van der Waals surface area (Å²) in [4.78, 5) is 36.4. The number of amides is 2. The molecular formula is C11H18N2O4. The van der Waals surface area contributed by atoms with Crippen molar-refractivity contribution in [1.29, 1.82) is 0 Å². The van der Waals surface area contributed by atoms with Gasteiger partial charge in [0.2, 0.25) is 11.8 Å². The molecule has 0 spiro atoms. The summed E-state index contributed by atoms with van der Waals surface area (Å²) in [6, 6.07) is 0.